The van der Waals surface area contributed by atoms with E-state index in [1.807, 2.05) is 11.8 Å². The van der Waals surface area contributed by atoms with E-state index in [-0.39, 0.29) is 6.04 Å². The van der Waals surface area contributed by atoms with Crippen LogP contribution in [-0.4, -0.2) is 44.0 Å². The van der Waals surface area contributed by atoms with Gasteiger partial charge in [0.1, 0.15) is 0 Å². The number of thioether (sulfide) groups is 1. The maximum atomic E-state index is 11.2. The molecular formula is C11H23NO2S2. The highest BCUT2D eigenvalue weighted by Gasteiger charge is 2.26. The minimum atomic E-state index is -2.72. The van der Waals surface area contributed by atoms with Crippen LogP contribution in [0.25, 0.3) is 0 Å². The molecule has 0 aromatic heterocycles. The van der Waals surface area contributed by atoms with Crippen molar-refractivity contribution in [1.29, 1.82) is 0 Å². The number of sulfone groups is 1. The van der Waals surface area contributed by atoms with Crippen LogP contribution in [0, 0.1) is 5.92 Å². The van der Waals surface area contributed by atoms with E-state index >= 15 is 0 Å². The average Bonchev–Trinajstić information content (AvgIpc) is 2.51. The van der Waals surface area contributed by atoms with Gasteiger partial charge in [0.2, 0.25) is 0 Å². The largest absolute Gasteiger partial charge is 0.312 e. The molecule has 0 radical (unpaired) electrons. The molecule has 16 heavy (non-hydrogen) atoms. The molecule has 0 amide bonds. The summed E-state index contributed by atoms with van der Waals surface area (Å²) in [6, 6.07) is 0.204. The van der Waals surface area contributed by atoms with Gasteiger partial charge in [-0.2, -0.15) is 11.8 Å². The summed E-state index contributed by atoms with van der Waals surface area (Å²) in [5.41, 5.74) is 0. The summed E-state index contributed by atoms with van der Waals surface area (Å²) in [6.07, 6.45) is 2.06. The molecule has 1 N–H and O–H groups in total. The highest BCUT2D eigenvalue weighted by molar-refractivity contribution is 7.99. The molecule has 1 saturated heterocycles. The number of nitrogens with one attached hydrogen (secondary N) is 1. The molecule has 96 valence electrons. The monoisotopic (exact) mass is 265 g/mol. The Labute approximate surface area is 104 Å². The third-order valence-corrected chi connectivity index (χ3v) is 5.54. The smallest absolute Gasteiger partial charge is 0.151 e. The van der Waals surface area contributed by atoms with Crippen LogP contribution < -0.4 is 5.32 Å². The van der Waals surface area contributed by atoms with E-state index < -0.39 is 9.84 Å². The lowest BCUT2D eigenvalue weighted by Gasteiger charge is -2.10. The Morgan fingerprint density at radius 3 is 2.69 bits per heavy atom. The topological polar surface area (TPSA) is 46.2 Å². The van der Waals surface area contributed by atoms with Crippen molar-refractivity contribution in [2.45, 2.75) is 32.7 Å². The van der Waals surface area contributed by atoms with Crippen molar-refractivity contribution in [2.75, 3.05) is 29.6 Å². The van der Waals surface area contributed by atoms with Gasteiger partial charge in [0.05, 0.1) is 11.5 Å². The van der Waals surface area contributed by atoms with Gasteiger partial charge in [0, 0.05) is 18.3 Å². The summed E-state index contributed by atoms with van der Waals surface area (Å²) in [6.45, 7) is 5.41. The molecule has 0 aliphatic carbocycles. The maximum Gasteiger partial charge on any atom is 0.151 e. The Morgan fingerprint density at radius 1 is 1.38 bits per heavy atom. The number of hydrogen-bond donors (Lipinski definition) is 1. The van der Waals surface area contributed by atoms with E-state index in [2.05, 4.69) is 19.2 Å². The third kappa shape index (κ3) is 6.11. The molecular weight excluding hydrogens is 242 g/mol. The lowest BCUT2D eigenvalue weighted by Crippen LogP contribution is -2.31. The van der Waals surface area contributed by atoms with Crippen LogP contribution in [0.1, 0.15) is 26.7 Å². The summed E-state index contributed by atoms with van der Waals surface area (Å²) in [5, 5.41) is 3.33. The SMILES string of the molecule is CC(C)CCSCCNC1CCS(=O)(=O)C1. The van der Waals surface area contributed by atoms with Crippen LogP contribution in [-0.2, 0) is 9.84 Å². The second kappa shape index (κ2) is 6.87. The summed E-state index contributed by atoms with van der Waals surface area (Å²) in [7, 11) is -2.72. The second-order valence-electron chi connectivity index (χ2n) is 4.85. The predicted molar refractivity (Wildman–Crippen MR) is 71.8 cm³/mol. The normalized spacial score (nSPS) is 24.1. The Hall–Kier alpha value is 0.260. The minimum absolute atomic E-state index is 0.204. The molecule has 1 fully saturated rings. The van der Waals surface area contributed by atoms with Crippen LogP contribution in [0.15, 0.2) is 0 Å². The van der Waals surface area contributed by atoms with Crippen LogP contribution in [0.5, 0.6) is 0 Å². The molecule has 1 heterocycles. The van der Waals surface area contributed by atoms with Crippen LogP contribution in [0.2, 0.25) is 0 Å². The molecule has 0 aromatic rings. The van der Waals surface area contributed by atoms with Crippen molar-refractivity contribution < 1.29 is 8.42 Å². The first-order valence-corrected chi connectivity index (χ1v) is 8.99. The summed E-state index contributed by atoms with van der Waals surface area (Å²) < 4.78 is 22.4. The van der Waals surface area contributed by atoms with Crippen molar-refractivity contribution in [3.05, 3.63) is 0 Å². The summed E-state index contributed by atoms with van der Waals surface area (Å²) >= 11 is 1.95. The van der Waals surface area contributed by atoms with Crippen molar-refractivity contribution >= 4 is 21.6 Å². The molecule has 1 rings (SSSR count). The molecule has 1 aliphatic heterocycles. The fourth-order valence-electron chi connectivity index (χ4n) is 1.71. The quantitative estimate of drug-likeness (QED) is 0.709. The van der Waals surface area contributed by atoms with E-state index in [9.17, 15) is 8.42 Å². The van der Waals surface area contributed by atoms with Gasteiger partial charge in [-0.3, -0.25) is 0 Å². The fraction of sp³-hybridized carbons (Fsp3) is 1.00. The van der Waals surface area contributed by atoms with Gasteiger partial charge in [-0.1, -0.05) is 13.8 Å². The van der Waals surface area contributed by atoms with Gasteiger partial charge in [0.25, 0.3) is 0 Å². The zero-order valence-corrected chi connectivity index (χ0v) is 11.9. The fourth-order valence-corrected chi connectivity index (χ4v) is 4.52. The van der Waals surface area contributed by atoms with Crippen molar-refractivity contribution in [2.24, 2.45) is 5.92 Å². The maximum absolute atomic E-state index is 11.2. The first-order valence-electron chi connectivity index (χ1n) is 6.01. The minimum Gasteiger partial charge on any atom is -0.312 e. The summed E-state index contributed by atoms with van der Waals surface area (Å²) in [5.74, 6) is 3.78. The van der Waals surface area contributed by atoms with Gasteiger partial charge < -0.3 is 5.32 Å². The van der Waals surface area contributed by atoms with Crippen molar-refractivity contribution in [3.63, 3.8) is 0 Å². The molecule has 1 aliphatic rings. The zero-order chi connectivity index (χ0) is 12.0. The molecule has 0 bridgehead atoms. The van der Waals surface area contributed by atoms with Gasteiger partial charge in [-0.25, -0.2) is 8.42 Å². The molecule has 0 saturated carbocycles. The van der Waals surface area contributed by atoms with Crippen LogP contribution in [0.3, 0.4) is 0 Å². The van der Waals surface area contributed by atoms with Gasteiger partial charge >= 0.3 is 0 Å². The zero-order valence-electron chi connectivity index (χ0n) is 10.2. The van der Waals surface area contributed by atoms with Crippen molar-refractivity contribution in [3.8, 4) is 0 Å². The average molecular weight is 265 g/mol. The molecule has 3 nitrogen and oxygen atoms in total. The van der Waals surface area contributed by atoms with Crippen LogP contribution in [0.4, 0.5) is 0 Å². The van der Waals surface area contributed by atoms with Crippen molar-refractivity contribution in [1.82, 2.24) is 5.32 Å². The van der Waals surface area contributed by atoms with E-state index in [1.54, 1.807) is 0 Å². The van der Waals surface area contributed by atoms with E-state index in [0.717, 1.165) is 24.6 Å². The number of rotatable bonds is 7. The molecule has 1 unspecified atom stereocenters. The van der Waals surface area contributed by atoms with Gasteiger partial charge in [0.15, 0.2) is 9.84 Å². The lowest BCUT2D eigenvalue weighted by atomic mass is 10.2. The molecule has 0 spiro atoms. The van der Waals surface area contributed by atoms with Gasteiger partial charge in [-0.15, -0.1) is 0 Å². The van der Waals surface area contributed by atoms with E-state index in [4.69, 9.17) is 0 Å². The lowest BCUT2D eigenvalue weighted by molar-refractivity contribution is 0.574. The first kappa shape index (κ1) is 14.3. The summed E-state index contributed by atoms with van der Waals surface area (Å²) in [4.78, 5) is 0. The molecule has 5 heteroatoms. The number of hydrogen-bond acceptors (Lipinski definition) is 4. The molecule has 1 atom stereocenters. The standard InChI is InChI=1S/C11H23NO2S2/c1-10(2)3-6-15-7-5-12-11-4-8-16(13,14)9-11/h10-12H,3-9H2,1-2H3. The molecule has 0 aromatic carbocycles. The Bertz CT molecular complexity index is 288. The Balaban J connectivity index is 1.96. The predicted octanol–water partition coefficient (Wildman–Crippen LogP) is 1.54. The van der Waals surface area contributed by atoms with Crippen LogP contribution >= 0.6 is 11.8 Å². The van der Waals surface area contributed by atoms with Gasteiger partial charge in [-0.05, 0) is 24.5 Å². The Morgan fingerprint density at radius 2 is 2.12 bits per heavy atom. The van der Waals surface area contributed by atoms with E-state index in [1.165, 1.54) is 12.2 Å². The third-order valence-electron chi connectivity index (χ3n) is 2.75. The first-order chi connectivity index (χ1) is 7.49. The highest BCUT2D eigenvalue weighted by Crippen LogP contribution is 2.12. The highest BCUT2D eigenvalue weighted by atomic mass is 32.2. The van der Waals surface area contributed by atoms with E-state index in [0.29, 0.717) is 11.5 Å². The Kier molecular flexibility index (Phi) is 6.15. The second-order valence-corrected chi connectivity index (χ2v) is 8.30.